The van der Waals surface area contributed by atoms with E-state index in [0.29, 0.717) is 36.4 Å². The van der Waals surface area contributed by atoms with Gasteiger partial charge < -0.3 is 20.5 Å². The number of aliphatic hydroxyl groups excluding tert-OH is 1. The quantitative estimate of drug-likeness (QED) is 0.447. The van der Waals surface area contributed by atoms with Crippen LogP contribution in [0.15, 0.2) is 48.7 Å². The number of rotatable bonds is 5. The Morgan fingerprint density at radius 1 is 1.24 bits per heavy atom. The summed E-state index contributed by atoms with van der Waals surface area (Å²) in [6.45, 7) is 2.68. The number of benzene rings is 2. The van der Waals surface area contributed by atoms with Crippen molar-refractivity contribution in [2.75, 3.05) is 18.8 Å². The molecule has 0 radical (unpaired) electrons. The number of likely N-dealkylation sites (tertiary alicyclic amines) is 1. The van der Waals surface area contributed by atoms with Gasteiger partial charge in [-0.05, 0) is 55.7 Å². The molecular weight excluding hydrogens is 480 g/mol. The molecule has 4 rings (SSSR count). The van der Waals surface area contributed by atoms with Gasteiger partial charge in [0.15, 0.2) is 11.6 Å². The molecule has 3 aromatic rings. The van der Waals surface area contributed by atoms with Gasteiger partial charge >= 0.3 is 0 Å². The number of pyridine rings is 1. The molecule has 2 aromatic carbocycles. The molecule has 0 bridgehead atoms. The molecule has 9 heteroatoms. The van der Waals surface area contributed by atoms with Crippen LogP contribution in [-0.2, 0) is 0 Å². The van der Waals surface area contributed by atoms with E-state index >= 15 is 0 Å². The highest BCUT2D eigenvalue weighted by Crippen LogP contribution is 2.37. The number of nitrogen functional groups attached to an aromatic ring is 1. The van der Waals surface area contributed by atoms with E-state index in [0.717, 1.165) is 17.5 Å². The molecule has 0 spiro atoms. The molecule has 2 heterocycles. The van der Waals surface area contributed by atoms with Gasteiger partial charge in [0.25, 0.3) is 5.91 Å². The Hall–Kier alpha value is -2.87. The number of aliphatic hydroxyl groups is 1. The molecule has 3 N–H and O–H groups in total. The summed E-state index contributed by atoms with van der Waals surface area (Å²) in [6.07, 6.45) is 1.95. The van der Waals surface area contributed by atoms with Crippen molar-refractivity contribution in [3.8, 4) is 16.9 Å². The molecule has 1 aliphatic heterocycles. The van der Waals surface area contributed by atoms with Crippen LogP contribution in [0, 0.1) is 5.82 Å². The third kappa shape index (κ3) is 5.12. The highest BCUT2D eigenvalue weighted by molar-refractivity contribution is 6.36. The maximum absolute atomic E-state index is 13.9. The predicted octanol–water partition coefficient (Wildman–Crippen LogP) is 5.51. The molecule has 0 saturated carbocycles. The van der Waals surface area contributed by atoms with Gasteiger partial charge in [-0.25, -0.2) is 9.37 Å². The fraction of sp³-hybridized carbons (Fsp3) is 0.280. The molecule has 1 amide bonds. The number of piperidine rings is 1. The lowest BCUT2D eigenvalue weighted by Crippen LogP contribution is -2.42. The average Bonchev–Trinajstić information content (AvgIpc) is 2.83. The second-order valence-electron chi connectivity index (χ2n) is 8.25. The van der Waals surface area contributed by atoms with Crippen LogP contribution >= 0.6 is 23.2 Å². The van der Waals surface area contributed by atoms with Crippen molar-refractivity contribution in [1.29, 1.82) is 0 Å². The Bertz CT molecular complexity index is 1210. The summed E-state index contributed by atoms with van der Waals surface area (Å²) >= 11 is 12.3. The number of carbonyl (C=O) groups excluding carboxylic acids is 1. The smallest absolute Gasteiger partial charge is 0.253 e. The number of halogens is 3. The number of anilines is 1. The number of hydrogen-bond donors (Lipinski definition) is 2. The lowest BCUT2D eigenvalue weighted by atomic mass is 10.0. The van der Waals surface area contributed by atoms with Crippen LogP contribution in [0.3, 0.4) is 0 Å². The SMILES string of the molecule is C[C@H](Oc1cc(-c2ccc(C(=O)N3CCC[C@H](O)C3)cc2)cnc1N)c1c(Cl)ccc(F)c1Cl. The van der Waals surface area contributed by atoms with Gasteiger partial charge in [0.05, 0.1) is 11.1 Å². The Kier molecular flexibility index (Phi) is 7.26. The molecule has 6 nitrogen and oxygen atoms in total. The zero-order valence-electron chi connectivity index (χ0n) is 18.5. The number of nitrogens with zero attached hydrogens (tertiary/aromatic N) is 2. The second kappa shape index (κ2) is 10.2. The zero-order chi connectivity index (χ0) is 24.4. The monoisotopic (exact) mass is 503 g/mol. The van der Waals surface area contributed by atoms with E-state index in [9.17, 15) is 14.3 Å². The first-order valence-electron chi connectivity index (χ1n) is 10.9. The summed E-state index contributed by atoms with van der Waals surface area (Å²) in [5.41, 5.74) is 8.40. The third-order valence-corrected chi connectivity index (χ3v) is 6.53. The van der Waals surface area contributed by atoms with Crippen molar-refractivity contribution in [3.05, 3.63) is 75.7 Å². The lowest BCUT2D eigenvalue weighted by Gasteiger charge is -2.30. The van der Waals surface area contributed by atoms with Crippen molar-refractivity contribution in [2.45, 2.75) is 32.0 Å². The molecule has 0 unspecified atom stereocenters. The minimum absolute atomic E-state index is 0.107. The molecule has 1 saturated heterocycles. The van der Waals surface area contributed by atoms with E-state index < -0.39 is 18.0 Å². The van der Waals surface area contributed by atoms with Crippen molar-refractivity contribution < 1.29 is 19.0 Å². The van der Waals surface area contributed by atoms with Crippen LogP contribution in [0.1, 0.15) is 41.8 Å². The molecular formula is C25H24Cl2FN3O3. The van der Waals surface area contributed by atoms with Crippen molar-refractivity contribution in [1.82, 2.24) is 9.88 Å². The van der Waals surface area contributed by atoms with Crippen molar-refractivity contribution >= 4 is 34.9 Å². The highest BCUT2D eigenvalue weighted by Gasteiger charge is 2.23. The average molecular weight is 504 g/mol. The minimum atomic E-state index is -0.685. The van der Waals surface area contributed by atoms with E-state index in [2.05, 4.69) is 4.98 Å². The van der Waals surface area contributed by atoms with E-state index in [4.69, 9.17) is 33.7 Å². The topological polar surface area (TPSA) is 88.7 Å². The summed E-state index contributed by atoms with van der Waals surface area (Å²) in [5, 5.41) is 10.0. The Balaban J connectivity index is 1.54. The van der Waals surface area contributed by atoms with Crippen LogP contribution in [0.5, 0.6) is 5.75 Å². The van der Waals surface area contributed by atoms with Crippen LogP contribution in [-0.4, -0.2) is 40.1 Å². The summed E-state index contributed by atoms with van der Waals surface area (Å²) in [6, 6.07) is 11.4. The Morgan fingerprint density at radius 3 is 2.68 bits per heavy atom. The van der Waals surface area contributed by atoms with Crippen LogP contribution < -0.4 is 10.5 Å². The van der Waals surface area contributed by atoms with Crippen LogP contribution in [0.4, 0.5) is 10.2 Å². The molecule has 178 valence electrons. The van der Waals surface area contributed by atoms with Crippen molar-refractivity contribution in [2.24, 2.45) is 0 Å². The molecule has 1 fully saturated rings. The van der Waals surface area contributed by atoms with Crippen LogP contribution in [0.2, 0.25) is 10.0 Å². The maximum atomic E-state index is 13.9. The Labute approximate surface area is 207 Å². The van der Waals surface area contributed by atoms with Gasteiger partial charge in [-0.3, -0.25) is 4.79 Å². The number of ether oxygens (including phenoxy) is 1. The van der Waals surface area contributed by atoms with Gasteiger partial charge in [-0.15, -0.1) is 0 Å². The van der Waals surface area contributed by atoms with Gasteiger partial charge in [0.2, 0.25) is 0 Å². The number of aromatic nitrogens is 1. The molecule has 2 atom stereocenters. The fourth-order valence-corrected chi connectivity index (χ4v) is 4.68. The summed E-state index contributed by atoms with van der Waals surface area (Å²) < 4.78 is 19.9. The molecule has 1 aliphatic rings. The molecule has 34 heavy (non-hydrogen) atoms. The van der Waals surface area contributed by atoms with Gasteiger partial charge in [-0.1, -0.05) is 35.3 Å². The van der Waals surface area contributed by atoms with E-state index in [1.54, 1.807) is 36.2 Å². The summed E-state index contributed by atoms with van der Waals surface area (Å²) in [7, 11) is 0. The van der Waals surface area contributed by atoms with E-state index in [-0.39, 0.29) is 21.8 Å². The molecule has 1 aromatic heterocycles. The zero-order valence-corrected chi connectivity index (χ0v) is 20.0. The van der Waals surface area contributed by atoms with Crippen LogP contribution in [0.25, 0.3) is 11.1 Å². The highest BCUT2D eigenvalue weighted by atomic mass is 35.5. The van der Waals surface area contributed by atoms with Gasteiger partial charge in [-0.2, -0.15) is 0 Å². The number of hydrogen-bond acceptors (Lipinski definition) is 5. The maximum Gasteiger partial charge on any atom is 0.253 e. The summed E-state index contributed by atoms with van der Waals surface area (Å²) in [5.74, 6) is -0.244. The number of carbonyl (C=O) groups is 1. The summed E-state index contributed by atoms with van der Waals surface area (Å²) in [4.78, 5) is 18.6. The largest absolute Gasteiger partial charge is 0.482 e. The van der Waals surface area contributed by atoms with Gasteiger partial charge in [0, 0.05) is 41.0 Å². The first kappa shape index (κ1) is 24.3. The van der Waals surface area contributed by atoms with Crippen molar-refractivity contribution in [3.63, 3.8) is 0 Å². The number of amides is 1. The van der Waals surface area contributed by atoms with Gasteiger partial charge in [0.1, 0.15) is 11.9 Å². The lowest BCUT2D eigenvalue weighted by molar-refractivity contribution is 0.0474. The number of nitrogens with two attached hydrogens (primary N) is 1. The first-order valence-corrected chi connectivity index (χ1v) is 11.6. The second-order valence-corrected chi connectivity index (χ2v) is 9.03. The standard InChI is InChI=1S/C25H24Cl2FN3O3/c1-14(22-19(26)8-9-20(28)23(22)27)34-21-11-17(12-30-24(21)29)15-4-6-16(7-5-15)25(33)31-10-2-3-18(32)13-31/h4-9,11-12,14,18,32H,2-3,10,13H2,1H3,(H2,29,30)/t14-,18-/m0/s1. The Morgan fingerprint density at radius 2 is 1.97 bits per heavy atom. The minimum Gasteiger partial charge on any atom is -0.482 e. The number of β-amino-alcohol motifs (C(OH)–C–C–N with tert-alkyl or cyclic N) is 1. The predicted molar refractivity (Wildman–Crippen MR) is 131 cm³/mol. The first-order chi connectivity index (χ1) is 16.2. The third-order valence-electron chi connectivity index (χ3n) is 5.82. The van der Waals surface area contributed by atoms with E-state index in [1.165, 1.54) is 12.1 Å². The molecule has 0 aliphatic carbocycles. The normalized spacial score (nSPS) is 16.9. The fourth-order valence-electron chi connectivity index (χ4n) is 4.00. The van der Waals surface area contributed by atoms with E-state index in [1.807, 2.05) is 12.1 Å².